The van der Waals surface area contributed by atoms with Crippen molar-refractivity contribution in [2.75, 3.05) is 6.61 Å². The van der Waals surface area contributed by atoms with Crippen molar-refractivity contribution in [1.29, 1.82) is 0 Å². The van der Waals surface area contributed by atoms with Crippen LogP contribution < -0.4 is 0 Å². The van der Waals surface area contributed by atoms with E-state index in [4.69, 9.17) is 14.6 Å². The fourth-order valence-electron chi connectivity index (χ4n) is 2.74. The average molecular weight is 406 g/mol. The van der Waals surface area contributed by atoms with Crippen molar-refractivity contribution in [1.82, 2.24) is 0 Å². The zero-order valence-electron chi connectivity index (χ0n) is 16.4. The largest absolute Gasteiger partial charge is 0.478 e. The summed E-state index contributed by atoms with van der Waals surface area (Å²) in [4.78, 5) is 45.7. The minimum atomic E-state index is -1.50. The molecular formula is C21H26O8. The van der Waals surface area contributed by atoms with Crippen LogP contribution >= 0.6 is 0 Å². The highest BCUT2D eigenvalue weighted by Gasteiger charge is 2.24. The molecule has 0 radical (unpaired) electrons. The summed E-state index contributed by atoms with van der Waals surface area (Å²) in [5, 5.41) is 18.3. The lowest BCUT2D eigenvalue weighted by atomic mass is 10.0. The van der Waals surface area contributed by atoms with E-state index in [1.54, 1.807) is 0 Å². The molecule has 2 N–H and O–H groups in total. The fourth-order valence-corrected chi connectivity index (χ4v) is 2.74. The van der Waals surface area contributed by atoms with E-state index < -0.39 is 35.0 Å². The number of carboxylic acids is 2. The molecule has 158 valence electrons. The van der Waals surface area contributed by atoms with E-state index in [0.29, 0.717) is 6.42 Å². The number of carbonyl (C=O) groups excluding carboxylic acids is 2. The second kappa shape index (κ2) is 12.3. The summed E-state index contributed by atoms with van der Waals surface area (Å²) in [5.41, 5.74) is -1.31. The molecule has 1 unspecified atom stereocenters. The van der Waals surface area contributed by atoms with Gasteiger partial charge >= 0.3 is 23.9 Å². The molecule has 1 aromatic carbocycles. The lowest BCUT2D eigenvalue weighted by molar-refractivity contribution is -0.142. The maximum absolute atomic E-state index is 12.1. The molecule has 8 nitrogen and oxygen atoms in total. The third-order valence-corrected chi connectivity index (χ3v) is 4.20. The molecular weight excluding hydrogens is 380 g/mol. The first-order valence-electron chi connectivity index (χ1n) is 9.37. The normalized spacial score (nSPS) is 11.3. The summed E-state index contributed by atoms with van der Waals surface area (Å²) >= 11 is 0. The summed E-state index contributed by atoms with van der Waals surface area (Å²) in [6.07, 6.45) is 5.90. The van der Waals surface area contributed by atoms with Gasteiger partial charge in [-0.15, -0.1) is 0 Å². The van der Waals surface area contributed by atoms with Gasteiger partial charge in [-0.3, -0.25) is 0 Å². The molecule has 8 heteroatoms. The van der Waals surface area contributed by atoms with Crippen molar-refractivity contribution in [2.45, 2.75) is 51.6 Å². The van der Waals surface area contributed by atoms with Gasteiger partial charge < -0.3 is 19.7 Å². The van der Waals surface area contributed by atoms with Gasteiger partial charge in [-0.25, -0.2) is 19.2 Å². The Kier molecular flexibility index (Phi) is 10.2. The highest BCUT2D eigenvalue weighted by atomic mass is 16.5. The lowest BCUT2D eigenvalue weighted by Gasteiger charge is -2.11. The van der Waals surface area contributed by atoms with Gasteiger partial charge in [0.2, 0.25) is 0 Å². The smallest absolute Gasteiger partial charge is 0.339 e. The Hall–Kier alpha value is -3.16. The molecule has 0 aromatic heterocycles. The molecule has 0 saturated heterocycles. The number of hydrogen-bond donors (Lipinski definition) is 2. The number of aromatic carboxylic acids is 2. The molecule has 0 saturated carbocycles. The summed E-state index contributed by atoms with van der Waals surface area (Å²) in [5.74, 6) is -4.21. The van der Waals surface area contributed by atoms with Crippen molar-refractivity contribution < 1.29 is 38.9 Å². The Morgan fingerprint density at radius 1 is 1.00 bits per heavy atom. The Labute approximate surface area is 169 Å². The number of carbonyl (C=O) groups is 4. The van der Waals surface area contributed by atoms with Crippen LogP contribution in [-0.2, 0) is 14.3 Å². The predicted molar refractivity (Wildman–Crippen MR) is 104 cm³/mol. The zero-order chi connectivity index (χ0) is 21.8. The van der Waals surface area contributed by atoms with Gasteiger partial charge in [0, 0.05) is 6.08 Å². The Morgan fingerprint density at radius 2 is 1.62 bits per heavy atom. The first-order chi connectivity index (χ1) is 13.8. The first kappa shape index (κ1) is 23.9. The van der Waals surface area contributed by atoms with Crippen LogP contribution in [0.1, 0.15) is 76.5 Å². The summed E-state index contributed by atoms with van der Waals surface area (Å²) < 4.78 is 10.2. The number of benzene rings is 1. The quantitative estimate of drug-likeness (QED) is 0.288. The van der Waals surface area contributed by atoms with Crippen LogP contribution in [0.25, 0.3) is 0 Å². The van der Waals surface area contributed by atoms with Crippen LogP contribution in [0, 0.1) is 0 Å². The minimum Gasteiger partial charge on any atom is -0.478 e. The molecule has 0 aliphatic carbocycles. The molecule has 29 heavy (non-hydrogen) atoms. The summed E-state index contributed by atoms with van der Waals surface area (Å²) in [6, 6.07) is 3.67. The van der Waals surface area contributed by atoms with Crippen molar-refractivity contribution in [2.24, 2.45) is 0 Å². The molecule has 0 spiro atoms. The van der Waals surface area contributed by atoms with E-state index in [2.05, 4.69) is 6.58 Å². The molecule has 0 fully saturated rings. The Morgan fingerprint density at radius 3 is 2.24 bits per heavy atom. The van der Waals surface area contributed by atoms with E-state index in [1.165, 1.54) is 12.1 Å². The van der Waals surface area contributed by atoms with Crippen molar-refractivity contribution in [3.8, 4) is 0 Å². The van der Waals surface area contributed by atoms with E-state index in [9.17, 15) is 24.3 Å². The Bertz CT molecular complexity index is 753. The van der Waals surface area contributed by atoms with E-state index in [-0.39, 0.29) is 18.3 Å². The molecule has 0 aliphatic rings. The molecule has 0 bridgehead atoms. The minimum absolute atomic E-state index is 0.114. The van der Waals surface area contributed by atoms with Gasteiger partial charge in [0.05, 0.1) is 29.4 Å². The third-order valence-electron chi connectivity index (χ3n) is 4.20. The molecule has 1 rings (SSSR count). The second-order valence-corrected chi connectivity index (χ2v) is 6.48. The molecule has 1 aromatic rings. The van der Waals surface area contributed by atoms with Gasteiger partial charge in [-0.2, -0.15) is 0 Å². The van der Waals surface area contributed by atoms with E-state index in [0.717, 1.165) is 44.2 Å². The average Bonchev–Trinajstić information content (AvgIpc) is 2.68. The summed E-state index contributed by atoms with van der Waals surface area (Å²) in [7, 11) is 0. The van der Waals surface area contributed by atoms with Gasteiger partial charge in [0.15, 0.2) is 0 Å². The topological polar surface area (TPSA) is 127 Å². The van der Waals surface area contributed by atoms with Crippen molar-refractivity contribution >= 4 is 23.9 Å². The highest BCUT2D eigenvalue weighted by molar-refractivity contribution is 6.09. The first-order valence-corrected chi connectivity index (χ1v) is 9.37. The Balaban J connectivity index is 2.34. The third kappa shape index (κ3) is 8.16. The number of rotatable bonds is 13. The monoisotopic (exact) mass is 406 g/mol. The van der Waals surface area contributed by atoms with Crippen LogP contribution in [0.3, 0.4) is 0 Å². The van der Waals surface area contributed by atoms with Gasteiger partial charge in [0.1, 0.15) is 0 Å². The molecule has 0 heterocycles. The number of hydrogen-bond acceptors (Lipinski definition) is 6. The van der Waals surface area contributed by atoms with Crippen molar-refractivity contribution in [3.05, 3.63) is 47.5 Å². The zero-order valence-corrected chi connectivity index (χ0v) is 16.4. The van der Waals surface area contributed by atoms with Crippen molar-refractivity contribution in [3.63, 3.8) is 0 Å². The number of carboxylic acid groups (broad SMARTS) is 2. The number of esters is 2. The van der Waals surface area contributed by atoms with Crippen LogP contribution in [0.2, 0.25) is 0 Å². The van der Waals surface area contributed by atoms with E-state index >= 15 is 0 Å². The second-order valence-electron chi connectivity index (χ2n) is 6.48. The molecule has 0 aliphatic heterocycles. The SMILES string of the molecule is C=CC(=O)OC(C)CCCCCCCOC(=O)c1cccc(C(=O)O)c1C(=O)O. The van der Waals surface area contributed by atoms with E-state index in [1.807, 2.05) is 6.92 Å². The van der Waals surface area contributed by atoms with Gasteiger partial charge in [-0.05, 0) is 38.3 Å². The maximum Gasteiger partial charge on any atom is 0.339 e. The number of unbranched alkanes of at least 4 members (excludes halogenated alkanes) is 4. The highest BCUT2D eigenvalue weighted by Crippen LogP contribution is 2.17. The van der Waals surface area contributed by atoms with Crippen LogP contribution in [0.4, 0.5) is 0 Å². The molecule has 0 amide bonds. The lowest BCUT2D eigenvalue weighted by Crippen LogP contribution is -2.16. The molecule has 1 atom stereocenters. The van der Waals surface area contributed by atoms with Gasteiger partial charge in [0.25, 0.3) is 0 Å². The van der Waals surface area contributed by atoms with Crippen LogP contribution in [-0.4, -0.2) is 46.8 Å². The van der Waals surface area contributed by atoms with Gasteiger partial charge in [-0.1, -0.05) is 31.9 Å². The predicted octanol–water partition coefficient (Wildman–Crippen LogP) is 3.70. The standard InChI is InChI=1S/C21H26O8/c1-3-17(22)29-14(2)10-7-5-4-6-8-13-28-21(27)16-12-9-11-15(19(23)24)18(16)20(25)26/h3,9,11-12,14H,1,4-8,10,13H2,2H3,(H,23,24)(H,25,26). The van der Waals surface area contributed by atoms with Crippen LogP contribution in [0.15, 0.2) is 30.9 Å². The summed E-state index contributed by atoms with van der Waals surface area (Å²) in [6.45, 7) is 5.28. The van der Waals surface area contributed by atoms with Crippen LogP contribution in [0.5, 0.6) is 0 Å². The maximum atomic E-state index is 12.1. The number of ether oxygens (including phenoxy) is 2. The fraction of sp³-hybridized carbons (Fsp3) is 0.429.